The standard InChI is InChI=1S/C15H26F3N3/c1-4-8-19-13(11-15(16,17)18)10-12-7-9-21(20-12)14(5-2)6-3/h7,9,13-14,19H,4-6,8,10-11H2,1-3H3. The van der Waals surface area contributed by atoms with Gasteiger partial charge in [-0.3, -0.25) is 4.68 Å². The molecule has 0 radical (unpaired) electrons. The van der Waals surface area contributed by atoms with Gasteiger partial charge in [0.1, 0.15) is 0 Å². The van der Waals surface area contributed by atoms with Gasteiger partial charge in [-0.2, -0.15) is 18.3 Å². The average molecular weight is 305 g/mol. The molecule has 1 rings (SSSR count). The highest BCUT2D eigenvalue weighted by atomic mass is 19.4. The Morgan fingerprint density at radius 1 is 1.24 bits per heavy atom. The molecule has 0 fully saturated rings. The van der Waals surface area contributed by atoms with Crippen LogP contribution in [0.1, 0.15) is 58.2 Å². The molecule has 6 heteroatoms. The number of nitrogens with one attached hydrogen (secondary N) is 1. The van der Waals surface area contributed by atoms with E-state index in [9.17, 15) is 13.2 Å². The van der Waals surface area contributed by atoms with Crippen LogP contribution >= 0.6 is 0 Å². The Balaban J connectivity index is 2.69. The van der Waals surface area contributed by atoms with Gasteiger partial charge in [0.25, 0.3) is 0 Å². The number of aromatic nitrogens is 2. The van der Waals surface area contributed by atoms with E-state index in [1.165, 1.54) is 0 Å². The molecule has 21 heavy (non-hydrogen) atoms. The van der Waals surface area contributed by atoms with Crippen molar-refractivity contribution in [3.63, 3.8) is 0 Å². The number of nitrogens with zero attached hydrogens (tertiary/aromatic N) is 2. The number of alkyl halides is 3. The van der Waals surface area contributed by atoms with Crippen LogP contribution in [0.5, 0.6) is 0 Å². The van der Waals surface area contributed by atoms with Gasteiger partial charge in [-0.05, 0) is 31.9 Å². The minimum atomic E-state index is -4.15. The molecule has 0 bridgehead atoms. The predicted molar refractivity (Wildman–Crippen MR) is 78.3 cm³/mol. The molecule has 1 aromatic heterocycles. The van der Waals surface area contributed by atoms with Gasteiger partial charge >= 0.3 is 6.18 Å². The zero-order valence-electron chi connectivity index (χ0n) is 13.1. The van der Waals surface area contributed by atoms with Crippen molar-refractivity contribution in [3.05, 3.63) is 18.0 Å². The Kier molecular flexibility index (Phi) is 7.22. The number of halogens is 3. The summed E-state index contributed by atoms with van der Waals surface area (Å²) in [5.41, 5.74) is 0.722. The highest BCUT2D eigenvalue weighted by molar-refractivity contribution is 5.02. The van der Waals surface area contributed by atoms with Gasteiger partial charge in [0, 0.05) is 18.7 Å². The van der Waals surface area contributed by atoms with E-state index in [-0.39, 0.29) is 0 Å². The van der Waals surface area contributed by atoms with Crippen LogP contribution in [0.25, 0.3) is 0 Å². The molecule has 1 atom stereocenters. The summed E-state index contributed by atoms with van der Waals surface area (Å²) < 4.78 is 39.7. The van der Waals surface area contributed by atoms with Crippen LogP contribution in [-0.2, 0) is 6.42 Å². The summed E-state index contributed by atoms with van der Waals surface area (Å²) in [5, 5.41) is 7.41. The van der Waals surface area contributed by atoms with Gasteiger partial charge in [-0.1, -0.05) is 20.8 Å². The van der Waals surface area contributed by atoms with Crippen molar-refractivity contribution in [3.8, 4) is 0 Å². The first kappa shape index (κ1) is 18.0. The summed E-state index contributed by atoms with van der Waals surface area (Å²) >= 11 is 0. The highest BCUT2D eigenvalue weighted by Gasteiger charge is 2.32. The van der Waals surface area contributed by atoms with E-state index in [1.807, 2.05) is 23.9 Å². The first-order valence-corrected chi connectivity index (χ1v) is 7.73. The molecular weight excluding hydrogens is 279 g/mol. The van der Waals surface area contributed by atoms with Gasteiger partial charge in [-0.25, -0.2) is 0 Å². The smallest absolute Gasteiger partial charge is 0.313 e. The lowest BCUT2D eigenvalue weighted by atomic mass is 10.1. The second-order valence-corrected chi connectivity index (χ2v) is 5.43. The van der Waals surface area contributed by atoms with E-state index in [0.717, 1.165) is 25.0 Å². The monoisotopic (exact) mass is 305 g/mol. The molecule has 1 heterocycles. The molecule has 0 amide bonds. The zero-order valence-corrected chi connectivity index (χ0v) is 13.1. The summed E-state index contributed by atoms with van der Waals surface area (Å²) in [4.78, 5) is 0. The SMILES string of the molecule is CCCNC(Cc1ccn(C(CC)CC)n1)CC(F)(F)F. The average Bonchev–Trinajstić information content (AvgIpc) is 2.84. The summed E-state index contributed by atoms with van der Waals surface area (Å²) in [6.45, 7) is 6.71. The molecule has 1 unspecified atom stereocenters. The normalized spacial score (nSPS) is 13.9. The van der Waals surface area contributed by atoms with Gasteiger partial charge in [-0.15, -0.1) is 0 Å². The summed E-state index contributed by atoms with van der Waals surface area (Å²) in [7, 11) is 0. The maximum Gasteiger partial charge on any atom is 0.390 e. The number of rotatable bonds is 9. The fourth-order valence-electron chi connectivity index (χ4n) is 2.45. The zero-order chi connectivity index (χ0) is 15.9. The third kappa shape index (κ3) is 6.50. The van der Waals surface area contributed by atoms with Crippen LogP contribution in [0.3, 0.4) is 0 Å². The second kappa shape index (κ2) is 8.41. The molecule has 122 valence electrons. The molecule has 1 N–H and O–H groups in total. The number of hydrogen-bond acceptors (Lipinski definition) is 2. The Labute approximate surface area is 124 Å². The lowest BCUT2D eigenvalue weighted by Crippen LogP contribution is -2.36. The van der Waals surface area contributed by atoms with Gasteiger partial charge in [0.2, 0.25) is 0 Å². The van der Waals surface area contributed by atoms with Crippen molar-refractivity contribution in [2.75, 3.05) is 6.54 Å². The van der Waals surface area contributed by atoms with E-state index >= 15 is 0 Å². The molecule has 0 spiro atoms. The predicted octanol–water partition coefficient (Wildman–Crippen LogP) is 4.11. The number of hydrogen-bond donors (Lipinski definition) is 1. The summed E-state index contributed by atoms with van der Waals surface area (Å²) in [6.07, 6.45) is -0.0236. The molecule has 0 saturated heterocycles. The molecule has 1 aromatic rings. The summed E-state index contributed by atoms with van der Waals surface area (Å²) in [6, 6.07) is 1.55. The van der Waals surface area contributed by atoms with Crippen LogP contribution in [0.4, 0.5) is 13.2 Å². The maximum absolute atomic E-state index is 12.6. The lowest BCUT2D eigenvalue weighted by Gasteiger charge is -2.19. The van der Waals surface area contributed by atoms with Crippen molar-refractivity contribution in [1.29, 1.82) is 0 Å². The highest BCUT2D eigenvalue weighted by Crippen LogP contribution is 2.23. The maximum atomic E-state index is 12.6. The summed E-state index contributed by atoms with van der Waals surface area (Å²) in [5.74, 6) is 0. The fourth-order valence-corrected chi connectivity index (χ4v) is 2.45. The van der Waals surface area contributed by atoms with Crippen LogP contribution in [-0.4, -0.2) is 28.5 Å². The third-order valence-corrected chi connectivity index (χ3v) is 3.60. The Morgan fingerprint density at radius 2 is 1.90 bits per heavy atom. The molecule has 3 nitrogen and oxygen atoms in total. The largest absolute Gasteiger partial charge is 0.390 e. The van der Waals surface area contributed by atoms with Crippen LogP contribution in [0.15, 0.2) is 12.3 Å². The fraction of sp³-hybridized carbons (Fsp3) is 0.800. The van der Waals surface area contributed by atoms with E-state index in [1.54, 1.807) is 0 Å². The minimum absolute atomic E-state index is 0.312. The minimum Gasteiger partial charge on any atom is -0.313 e. The molecule has 0 aromatic carbocycles. The van der Waals surface area contributed by atoms with E-state index in [4.69, 9.17) is 0 Å². The van der Waals surface area contributed by atoms with Crippen LogP contribution < -0.4 is 5.32 Å². The van der Waals surface area contributed by atoms with Crippen molar-refractivity contribution in [2.45, 2.75) is 71.1 Å². The molecule has 0 aliphatic carbocycles. The van der Waals surface area contributed by atoms with Crippen molar-refractivity contribution >= 4 is 0 Å². The Morgan fingerprint density at radius 3 is 2.43 bits per heavy atom. The van der Waals surface area contributed by atoms with Crippen molar-refractivity contribution in [1.82, 2.24) is 15.1 Å². The van der Waals surface area contributed by atoms with Gasteiger partial charge in [0.05, 0.1) is 18.2 Å². The Hall–Kier alpha value is -1.04. The van der Waals surface area contributed by atoms with Crippen molar-refractivity contribution < 1.29 is 13.2 Å². The topological polar surface area (TPSA) is 29.9 Å². The van der Waals surface area contributed by atoms with E-state index in [0.29, 0.717) is 19.0 Å². The van der Waals surface area contributed by atoms with Crippen LogP contribution in [0, 0.1) is 0 Å². The van der Waals surface area contributed by atoms with Gasteiger partial charge in [0.15, 0.2) is 0 Å². The van der Waals surface area contributed by atoms with E-state index in [2.05, 4.69) is 24.3 Å². The molecular formula is C15H26F3N3. The molecule has 0 aliphatic heterocycles. The first-order chi connectivity index (χ1) is 9.89. The second-order valence-electron chi connectivity index (χ2n) is 5.43. The third-order valence-electron chi connectivity index (χ3n) is 3.60. The Bertz CT molecular complexity index is 397. The quantitative estimate of drug-likeness (QED) is 0.744. The van der Waals surface area contributed by atoms with Crippen LogP contribution in [0.2, 0.25) is 0 Å². The van der Waals surface area contributed by atoms with Gasteiger partial charge < -0.3 is 5.32 Å². The molecule has 0 saturated carbocycles. The van der Waals surface area contributed by atoms with E-state index < -0.39 is 18.6 Å². The van der Waals surface area contributed by atoms with Crippen molar-refractivity contribution in [2.24, 2.45) is 0 Å². The lowest BCUT2D eigenvalue weighted by molar-refractivity contribution is -0.139. The molecule has 0 aliphatic rings. The first-order valence-electron chi connectivity index (χ1n) is 7.73.